The van der Waals surface area contributed by atoms with Gasteiger partial charge >= 0.3 is 0 Å². The minimum absolute atomic E-state index is 0.203. The zero-order chi connectivity index (χ0) is 11.4. The van der Waals surface area contributed by atoms with Crippen molar-refractivity contribution < 1.29 is 4.79 Å². The van der Waals surface area contributed by atoms with E-state index in [1.165, 1.54) is 6.42 Å². The minimum Gasteiger partial charge on any atom is -0.316 e. The van der Waals surface area contributed by atoms with Gasteiger partial charge < -0.3 is 5.32 Å². The summed E-state index contributed by atoms with van der Waals surface area (Å²) in [4.78, 5) is 11.9. The van der Waals surface area contributed by atoms with E-state index in [0.29, 0.717) is 17.4 Å². The van der Waals surface area contributed by atoms with Crippen LogP contribution in [0.25, 0.3) is 0 Å². The van der Waals surface area contributed by atoms with Crippen LogP contribution in [0.4, 0.5) is 0 Å². The van der Waals surface area contributed by atoms with E-state index in [0.717, 1.165) is 25.1 Å². The molecule has 1 heterocycles. The van der Waals surface area contributed by atoms with Gasteiger partial charge in [-0.1, -0.05) is 23.7 Å². The van der Waals surface area contributed by atoms with Crippen LogP contribution in [-0.2, 0) is 0 Å². The maximum absolute atomic E-state index is 11.9. The van der Waals surface area contributed by atoms with E-state index in [1.807, 2.05) is 12.1 Å². The van der Waals surface area contributed by atoms with Gasteiger partial charge in [0.15, 0.2) is 5.78 Å². The Balaban J connectivity index is 1.87. The van der Waals surface area contributed by atoms with Gasteiger partial charge in [0.05, 0.1) is 0 Å². The van der Waals surface area contributed by atoms with Crippen LogP contribution in [-0.4, -0.2) is 18.9 Å². The normalized spacial score (nSPS) is 19.9. The van der Waals surface area contributed by atoms with Gasteiger partial charge in [-0.25, -0.2) is 0 Å². The summed E-state index contributed by atoms with van der Waals surface area (Å²) in [5.74, 6) is 0.873. The lowest BCUT2D eigenvalue weighted by molar-refractivity contribution is 0.0974. The monoisotopic (exact) mass is 237 g/mol. The summed E-state index contributed by atoms with van der Waals surface area (Å²) in [6.07, 6.45) is 2.81. The van der Waals surface area contributed by atoms with Crippen molar-refractivity contribution in [3.8, 4) is 0 Å². The van der Waals surface area contributed by atoms with Crippen LogP contribution in [0, 0.1) is 5.92 Å². The Labute approximate surface area is 101 Å². The third kappa shape index (κ3) is 3.06. The van der Waals surface area contributed by atoms with Crippen molar-refractivity contribution >= 4 is 17.4 Å². The van der Waals surface area contributed by atoms with Gasteiger partial charge in [0, 0.05) is 17.0 Å². The molecule has 0 amide bonds. The molecule has 2 rings (SSSR count). The Morgan fingerprint density at radius 3 is 3.06 bits per heavy atom. The van der Waals surface area contributed by atoms with Crippen molar-refractivity contribution in [1.82, 2.24) is 5.32 Å². The Morgan fingerprint density at radius 2 is 2.38 bits per heavy atom. The summed E-state index contributed by atoms with van der Waals surface area (Å²) in [6, 6.07) is 7.20. The molecule has 1 atom stereocenters. The van der Waals surface area contributed by atoms with E-state index >= 15 is 0 Å². The SMILES string of the molecule is O=C(CCC1CCNC1)c1cccc(Cl)c1. The van der Waals surface area contributed by atoms with E-state index in [9.17, 15) is 4.79 Å². The predicted molar refractivity (Wildman–Crippen MR) is 66.0 cm³/mol. The Morgan fingerprint density at radius 1 is 1.50 bits per heavy atom. The van der Waals surface area contributed by atoms with E-state index in [1.54, 1.807) is 12.1 Å². The largest absolute Gasteiger partial charge is 0.316 e. The third-order valence-electron chi connectivity index (χ3n) is 3.09. The number of carbonyl (C=O) groups is 1. The first kappa shape index (κ1) is 11.6. The van der Waals surface area contributed by atoms with Crippen LogP contribution in [0.2, 0.25) is 5.02 Å². The first-order valence-electron chi connectivity index (χ1n) is 5.75. The van der Waals surface area contributed by atoms with Gasteiger partial charge in [0.2, 0.25) is 0 Å². The molecular formula is C13H16ClNO. The van der Waals surface area contributed by atoms with Crippen LogP contribution in [0.15, 0.2) is 24.3 Å². The third-order valence-corrected chi connectivity index (χ3v) is 3.32. The molecule has 1 aromatic carbocycles. The molecule has 2 nitrogen and oxygen atoms in total. The van der Waals surface area contributed by atoms with Crippen molar-refractivity contribution in [2.75, 3.05) is 13.1 Å². The zero-order valence-electron chi connectivity index (χ0n) is 9.21. The number of hydrogen-bond donors (Lipinski definition) is 1. The van der Waals surface area contributed by atoms with Gasteiger partial charge in [0.1, 0.15) is 0 Å². The molecular weight excluding hydrogens is 222 g/mol. The van der Waals surface area contributed by atoms with E-state index < -0.39 is 0 Å². The fourth-order valence-corrected chi connectivity index (χ4v) is 2.29. The second-order valence-electron chi connectivity index (χ2n) is 4.33. The smallest absolute Gasteiger partial charge is 0.162 e. The summed E-state index contributed by atoms with van der Waals surface area (Å²) >= 11 is 5.85. The summed E-state index contributed by atoms with van der Waals surface area (Å²) in [5.41, 5.74) is 0.735. The molecule has 3 heteroatoms. The van der Waals surface area contributed by atoms with Crippen LogP contribution in [0.5, 0.6) is 0 Å². The molecule has 1 saturated heterocycles. The van der Waals surface area contributed by atoms with E-state index in [-0.39, 0.29) is 5.78 Å². The Kier molecular flexibility index (Phi) is 3.97. The highest BCUT2D eigenvalue weighted by Crippen LogP contribution is 2.18. The number of rotatable bonds is 4. The molecule has 0 radical (unpaired) electrons. The van der Waals surface area contributed by atoms with E-state index in [4.69, 9.17) is 11.6 Å². The van der Waals surface area contributed by atoms with Gasteiger partial charge in [-0.3, -0.25) is 4.79 Å². The molecule has 0 aromatic heterocycles. The number of ketones is 1. The highest BCUT2D eigenvalue weighted by Gasteiger charge is 2.16. The highest BCUT2D eigenvalue weighted by atomic mass is 35.5. The van der Waals surface area contributed by atoms with Crippen LogP contribution >= 0.6 is 11.6 Å². The Hall–Kier alpha value is -0.860. The summed E-state index contributed by atoms with van der Waals surface area (Å²) in [5, 5.41) is 3.95. The Bertz CT molecular complexity index is 372. The molecule has 1 unspecified atom stereocenters. The predicted octanol–water partition coefficient (Wildman–Crippen LogP) is 2.91. The van der Waals surface area contributed by atoms with E-state index in [2.05, 4.69) is 5.32 Å². The standard InChI is InChI=1S/C13H16ClNO/c14-12-3-1-2-11(8-12)13(16)5-4-10-6-7-15-9-10/h1-3,8,10,15H,4-7,9H2. The maximum atomic E-state index is 11.9. The number of halogens is 1. The fraction of sp³-hybridized carbons (Fsp3) is 0.462. The maximum Gasteiger partial charge on any atom is 0.162 e. The quantitative estimate of drug-likeness (QED) is 0.816. The number of benzene rings is 1. The second-order valence-corrected chi connectivity index (χ2v) is 4.77. The molecule has 1 aromatic rings. The summed E-state index contributed by atoms with van der Waals surface area (Å²) in [7, 11) is 0. The van der Waals surface area contributed by atoms with Crippen molar-refractivity contribution in [3.63, 3.8) is 0 Å². The average molecular weight is 238 g/mol. The fourth-order valence-electron chi connectivity index (χ4n) is 2.10. The first-order valence-corrected chi connectivity index (χ1v) is 6.13. The van der Waals surface area contributed by atoms with Gasteiger partial charge in [0.25, 0.3) is 0 Å². The van der Waals surface area contributed by atoms with Crippen molar-refractivity contribution in [1.29, 1.82) is 0 Å². The summed E-state index contributed by atoms with van der Waals surface area (Å²) < 4.78 is 0. The second kappa shape index (κ2) is 5.46. The number of carbonyl (C=O) groups excluding carboxylic acids is 1. The molecule has 0 bridgehead atoms. The number of Topliss-reactive ketones (excluding diaryl/α,β-unsaturated/α-hetero) is 1. The van der Waals surface area contributed by atoms with Crippen molar-refractivity contribution in [3.05, 3.63) is 34.9 Å². The minimum atomic E-state index is 0.203. The number of nitrogens with one attached hydrogen (secondary N) is 1. The molecule has 16 heavy (non-hydrogen) atoms. The lowest BCUT2D eigenvalue weighted by Gasteiger charge is -2.07. The molecule has 0 aliphatic carbocycles. The summed E-state index contributed by atoms with van der Waals surface area (Å²) in [6.45, 7) is 2.15. The molecule has 0 saturated carbocycles. The molecule has 86 valence electrons. The number of hydrogen-bond acceptors (Lipinski definition) is 2. The van der Waals surface area contributed by atoms with Crippen molar-refractivity contribution in [2.24, 2.45) is 5.92 Å². The van der Waals surface area contributed by atoms with Crippen molar-refractivity contribution in [2.45, 2.75) is 19.3 Å². The van der Waals surface area contributed by atoms with Gasteiger partial charge in [-0.2, -0.15) is 0 Å². The molecule has 1 aliphatic heterocycles. The lowest BCUT2D eigenvalue weighted by atomic mass is 9.98. The highest BCUT2D eigenvalue weighted by molar-refractivity contribution is 6.31. The molecule has 1 fully saturated rings. The molecule has 1 N–H and O–H groups in total. The zero-order valence-corrected chi connectivity index (χ0v) is 9.96. The molecule has 1 aliphatic rings. The molecule has 0 spiro atoms. The van der Waals surface area contributed by atoms with Gasteiger partial charge in [-0.15, -0.1) is 0 Å². The van der Waals surface area contributed by atoms with Gasteiger partial charge in [-0.05, 0) is 44.0 Å². The lowest BCUT2D eigenvalue weighted by Crippen LogP contribution is -2.10. The first-order chi connectivity index (χ1) is 7.75. The van der Waals surface area contributed by atoms with Crippen LogP contribution < -0.4 is 5.32 Å². The average Bonchev–Trinajstić information content (AvgIpc) is 2.78. The van der Waals surface area contributed by atoms with Crippen LogP contribution in [0.3, 0.4) is 0 Å². The topological polar surface area (TPSA) is 29.1 Å². The van der Waals surface area contributed by atoms with Crippen LogP contribution in [0.1, 0.15) is 29.6 Å².